The molecule has 1 N–H and O–H groups in total. The van der Waals surface area contributed by atoms with E-state index in [1.54, 1.807) is 36.4 Å². The number of amides is 2. The molecule has 3 aromatic carbocycles. The predicted molar refractivity (Wildman–Crippen MR) is 162 cm³/mol. The van der Waals surface area contributed by atoms with Crippen LogP contribution in [0.15, 0.2) is 77.7 Å². The second-order valence-corrected chi connectivity index (χ2v) is 12.1. The summed E-state index contributed by atoms with van der Waals surface area (Å²) in [6.45, 7) is 9.23. The summed E-state index contributed by atoms with van der Waals surface area (Å²) in [6, 6.07) is 19.9. The molecule has 0 spiro atoms. The summed E-state index contributed by atoms with van der Waals surface area (Å²) >= 11 is 0. The fourth-order valence-corrected chi connectivity index (χ4v) is 5.91. The van der Waals surface area contributed by atoms with Crippen molar-refractivity contribution in [3.8, 4) is 5.75 Å². The standard InChI is InChI=1S/C32H41N3O5S/c1-7-25(5)33-32(37)30(8-2)34(21-26-12-9-11-24(4)19-26)31(36)22-35(27-13-10-14-28(20-27)40-6)41(38,39)29-17-15-23(3)16-18-29/h9-20,25,30H,7-8,21-22H2,1-6H3,(H,33,37)/t25-,30+/m0/s1. The Morgan fingerprint density at radius 3 is 2.20 bits per heavy atom. The van der Waals surface area contributed by atoms with Gasteiger partial charge in [0.25, 0.3) is 10.0 Å². The molecule has 0 saturated heterocycles. The zero-order chi connectivity index (χ0) is 30.2. The first kappa shape index (κ1) is 31.7. The third kappa shape index (κ3) is 8.10. The molecule has 3 aromatic rings. The van der Waals surface area contributed by atoms with Crippen LogP contribution in [-0.4, -0.2) is 50.9 Å². The zero-order valence-corrected chi connectivity index (χ0v) is 25.6. The fraction of sp³-hybridized carbons (Fsp3) is 0.375. The number of sulfonamides is 1. The van der Waals surface area contributed by atoms with Crippen LogP contribution in [0.25, 0.3) is 0 Å². The van der Waals surface area contributed by atoms with Crippen molar-refractivity contribution in [3.63, 3.8) is 0 Å². The van der Waals surface area contributed by atoms with E-state index in [4.69, 9.17) is 4.74 Å². The monoisotopic (exact) mass is 579 g/mol. The number of hydrogen-bond acceptors (Lipinski definition) is 5. The van der Waals surface area contributed by atoms with Gasteiger partial charge in [0, 0.05) is 18.7 Å². The molecule has 0 aliphatic carbocycles. The van der Waals surface area contributed by atoms with Crippen LogP contribution in [0.4, 0.5) is 5.69 Å². The van der Waals surface area contributed by atoms with Crippen LogP contribution in [0.5, 0.6) is 5.75 Å². The third-order valence-corrected chi connectivity index (χ3v) is 8.84. The summed E-state index contributed by atoms with van der Waals surface area (Å²) in [7, 11) is -2.66. The topological polar surface area (TPSA) is 96.0 Å². The molecule has 0 heterocycles. The van der Waals surface area contributed by atoms with Crippen LogP contribution < -0.4 is 14.4 Å². The molecule has 0 fully saturated rings. The molecule has 0 unspecified atom stereocenters. The van der Waals surface area contributed by atoms with Gasteiger partial charge in [-0.05, 0) is 63.4 Å². The van der Waals surface area contributed by atoms with Gasteiger partial charge in [-0.2, -0.15) is 0 Å². The Balaban J connectivity index is 2.08. The van der Waals surface area contributed by atoms with E-state index in [2.05, 4.69) is 5.32 Å². The molecule has 9 heteroatoms. The zero-order valence-electron chi connectivity index (χ0n) is 24.8. The van der Waals surface area contributed by atoms with E-state index in [1.165, 1.54) is 24.1 Å². The molecular formula is C32H41N3O5S. The maximum atomic E-state index is 14.2. The third-order valence-electron chi connectivity index (χ3n) is 7.05. The average Bonchev–Trinajstić information content (AvgIpc) is 2.95. The number of nitrogens with zero attached hydrogens (tertiary/aromatic N) is 2. The Morgan fingerprint density at radius 2 is 1.59 bits per heavy atom. The molecule has 3 rings (SSSR count). The van der Waals surface area contributed by atoms with Gasteiger partial charge in [-0.25, -0.2) is 8.42 Å². The smallest absolute Gasteiger partial charge is 0.264 e. The van der Waals surface area contributed by atoms with Crippen LogP contribution in [0, 0.1) is 13.8 Å². The van der Waals surface area contributed by atoms with E-state index in [1.807, 2.05) is 58.9 Å². The summed E-state index contributed by atoms with van der Waals surface area (Å²) in [5.41, 5.74) is 3.07. The molecule has 0 aliphatic rings. The highest BCUT2D eigenvalue weighted by atomic mass is 32.2. The Bertz CT molecular complexity index is 1440. The van der Waals surface area contributed by atoms with Crippen molar-refractivity contribution in [2.24, 2.45) is 0 Å². The van der Waals surface area contributed by atoms with Gasteiger partial charge in [-0.1, -0.05) is 67.4 Å². The van der Waals surface area contributed by atoms with Crippen LogP contribution in [-0.2, 0) is 26.2 Å². The number of methoxy groups -OCH3 is 1. The molecule has 220 valence electrons. The maximum absolute atomic E-state index is 14.2. The van der Waals surface area contributed by atoms with Gasteiger partial charge >= 0.3 is 0 Å². The summed E-state index contributed by atoms with van der Waals surface area (Å²) in [5.74, 6) is -0.302. The highest BCUT2D eigenvalue weighted by Gasteiger charge is 2.34. The van der Waals surface area contributed by atoms with Crippen molar-refractivity contribution in [2.45, 2.75) is 71.0 Å². The van der Waals surface area contributed by atoms with Crippen molar-refractivity contribution < 1.29 is 22.7 Å². The lowest BCUT2D eigenvalue weighted by Crippen LogP contribution is -2.53. The van der Waals surface area contributed by atoms with E-state index in [0.717, 1.165) is 27.4 Å². The van der Waals surface area contributed by atoms with Crippen LogP contribution in [0.1, 0.15) is 50.3 Å². The average molecular weight is 580 g/mol. The Hall–Kier alpha value is -3.85. The molecule has 0 radical (unpaired) electrons. The second-order valence-electron chi connectivity index (χ2n) is 10.3. The molecule has 0 aliphatic heterocycles. The summed E-state index contributed by atoms with van der Waals surface area (Å²) < 4.78 is 34.4. The van der Waals surface area contributed by atoms with Crippen molar-refractivity contribution in [3.05, 3.63) is 89.5 Å². The van der Waals surface area contributed by atoms with E-state index in [0.29, 0.717) is 12.2 Å². The second kappa shape index (κ2) is 14.2. The number of benzene rings is 3. The van der Waals surface area contributed by atoms with Gasteiger partial charge < -0.3 is 15.0 Å². The number of nitrogens with one attached hydrogen (secondary N) is 1. The van der Waals surface area contributed by atoms with Gasteiger partial charge in [0.15, 0.2) is 0 Å². The summed E-state index contributed by atoms with van der Waals surface area (Å²) in [4.78, 5) is 29.1. The lowest BCUT2D eigenvalue weighted by molar-refractivity contribution is -0.140. The highest BCUT2D eigenvalue weighted by molar-refractivity contribution is 7.92. The Morgan fingerprint density at radius 1 is 0.902 bits per heavy atom. The molecule has 2 atom stereocenters. The number of carbonyl (C=O) groups is 2. The minimum Gasteiger partial charge on any atom is -0.497 e. The minimum atomic E-state index is -4.15. The predicted octanol–water partition coefficient (Wildman–Crippen LogP) is 5.23. The molecule has 2 amide bonds. The number of rotatable bonds is 13. The van der Waals surface area contributed by atoms with E-state index < -0.39 is 28.5 Å². The van der Waals surface area contributed by atoms with Gasteiger partial charge in [0.1, 0.15) is 18.3 Å². The van der Waals surface area contributed by atoms with Crippen molar-refractivity contribution in [1.82, 2.24) is 10.2 Å². The first-order valence-corrected chi connectivity index (χ1v) is 15.3. The van der Waals surface area contributed by atoms with Gasteiger partial charge in [-0.15, -0.1) is 0 Å². The number of anilines is 1. The van der Waals surface area contributed by atoms with Crippen molar-refractivity contribution in [2.75, 3.05) is 18.0 Å². The first-order valence-electron chi connectivity index (χ1n) is 13.9. The molecule has 0 saturated carbocycles. The lowest BCUT2D eigenvalue weighted by atomic mass is 10.1. The van der Waals surface area contributed by atoms with E-state index in [-0.39, 0.29) is 29.1 Å². The molecule has 41 heavy (non-hydrogen) atoms. The number of ether oxygens (including phenoxy) is 1. The highest BCUT2D eigenvalue weighted by Crippen LogP contribution is 2.28. The molecule has 0 aromatic heterocycles. The van der Waals surface area contributed by atoms with E-state index >= 15 is 0 Å². The Kier molecular flexibility index (Phi) is 10.9. The summed E-state index contributed by atoms with van der Waals surface area (Å²) in [6.07, 6.45) is 1.11. The van der Waals surface area contributed by atoms with Gasteiger partial charge in [-0.3, -0.25) is 13.9 Å². The van der Waals surface area contributed by atoms with Crippen LogP contribution in [0.2, 0.25) is 0 Å². The summed E-state index contributed by atoms with van der Waals surface area (Å²) in [5, 5.41) is 2.99. The SMILES string of the molecule is CC[C@H](C(=O)N[C@@H](C)CC)N(Cc1cccc(C)c1)C(=O)CN(c1cccc(OC)c1)S(=O)(=O)c1ccc(C)cc1. The fourth-order valence-electron chi connectivity index (χ4n) is 4.50. The quantitative estimate of drug-likeness (QED) is 0.299. The number of aryl methyl sites for hydroxylation is 2. The van der Waals surface area contributed by atoms with Crippen molar-refractivity contribution >= 4 is 27.5 Å². The number of hydrogen-bond donors (Lipinski definition) is 1. The van der Waals surface area contributed by atoms with Crippen LogP contribution >= 0.6 is 0 Å². The molecule has 0 bridgehead atoms. The van der Waals surface area contributed by atoms with Gasteiger partial charge in [0.05, 0.1) is 17.7 Å². The minimum absolute atomic E-state index is 0.0607. The first-order chi connectivity index (χ1) is 19.5. The molecular weight excluding hydrogens is 538 g/mol. The normalized spacial score (nSPS) is 12.7. The molecule has 8 nitrogen and oxygen atoms in total. The lowest BCUT2D eigenvalue weighted by Gasteiger charge is -2.34. The van der Waals surface area contributed by atoms with E-state index in [9.17, 15) is 18.0 Å². The van der Waals surface area contributed by atoms with Crippen LogP contribution in [0.3, 0.4) is 0 Å². The Labute approximate surface area is 244 Å². The maximum Gasteiger partial charge on any atom is 0.264 e. The largest absolute Gasteiger partial charge is 0.497 e. The van der Waals surface area contributed by atoms with Gasteiger partial charge in [0.2, 0.25) is 11.8 Å². The van der Waals surface area contributed by atoms with Crippen molar-refractivity contribution in [1.29, 1.82) is 0 Å². The number of carbonyl (C=O) groups excluding carboxylic acids is 2.